The Labute approximate surface area is 174 Å². The average molecular weight is 409 g/mol. The molecule has 2 aromatic rings. The van der Waals surface area contributed by atoms with Crippen LogP contribution >= 0.6 is 0 Å². The SMILES string of the molecule is C[C@H](OC(=O)c1ccc(NC(=O)OC(C)(C)C)cc1)C(=O)Nc1ccccc1C#N. The average Bonchev–Trinajstić information content (AvgIpc) is 2.67. The second kappa shape index (κ2) is 9.56. The number of rotatable bonds is 5. The molecular formula is C22H23N3O5. The zero-order valence-electron chi connectivity index (χ0n) is 17.2. The van der Waals surface area contributed by atoms with Crippen LogP contribution in [0, 0.1) is 11.3 Å². The van der Waals surface area contributed by atoms with Crippen molar-refractivity contribution in [1.82, 2.24) is 0 Å². The van der Waals surface area contributed by atoms with E-state index in [1.165, 1.54) is 31.2 Å². The lowest BCUT2D eigenvalue weighted by atomic mass is 10.2. The van der Waals surface area contributed by atoms with Crippen LogP contribution in [0.3, 0.4) is 0 Å². The second-order valence-corrected chi connectivity index (χ2v) is 7.40. The third kappa shape index (κ3) is 6.63. The molecule has 8 heteroatoms. The molecule has 0 saturated carbocycles. The first-order chi connectivity index (χ1) is 14.1. The number of nitrogens with zero attached hydrogens (tertiary/aromatic N) is 1. The van der Waals surface area contributed by atoms with Crippen LogP contribution in [0.15, 0.2) is 48.5 Å². The van der Waals surface area contributed by atoms with Crippen LogP contribution in [0.1, 0.15) is 43.6 Å². The number of ether oxygens (including phenoxy) is 2. The molecule has 2 amide bonds. The van der Waals surface area contributed by atoms with Crippen molar-refractivity contribution in [2.24, 2.45) is 0 Å². The molecule has 0 spiro atoms. The van der Waals surface area contributed by atoms with Gasteiger partial charge in [-0.05, 0) is 64.1 Å². The van der Waals surface area contributed by atoms with Crippen molar-refractivity contribution in [2.75, 3.05) is 10.6 Å². The molecule has 2 N–H and O–H groups in total. The number of nitriles is 1. The summed E-state index contributed by atoms with van der Waals surface area (Å²) >= 11 is 0. The van der Waals surface area contributed by atoms with Gasteiger partial charge in [0.2, 0.25) is 0 Å². The van der Waals surface area contributed by atoms with Crippen LogP contribution in [-0.4, -0.2) is 29.7 Å². The highest BCUT2D eigenvalue weighted by Gasteiger charge is 2.20. The Kier molecular flexibility index (Phi) is 7.15. The maximum Gasteiger partial charge on any atom is 0.412 e. The van der Waals surface area contributed by atoms with Gasteiger partial charge in [-0.15, -0.1) is 0 Å². The summed E-state index contributed by atoms with van der Waals surface area (Å²) in [6.07, 6.45) is -1.69. The normalized spacial score (nSPS) is 11.6. The fourth-order valence-electron chi connectivity index (χ4n) is 2.32. The number of carbonyl (C=O) groups is 3. The molecule has 0 radical (unpaired) electrons. The van der Waals surface area contributed by atoms with Gasteiger partial charge in [0.05, 0.1) is 16.8 Å². The molecule has 8 nitrogen and oxygen atoms in total. The third-order valence-corrected chi connectivity index (χ3v) is 3.72. The molecule has 156 valence electrons. The predicted octanol–water partition coefficient (Wildman–Crippen LogP) is 4.09. The first kappa shape index (κ1) is 22.4. The first-order valence-electron chi connectivity index (χ1n) is 9.20. The van der Waals surface area contributed by atoms with E-state index >= 15 is 0 Å². The summed E-state index contributed by atoms with van der Waals surface area (Å²) in [6, 6.07) is 14.5. The summed E-state index contributed by atoms with van der Waals surface area (Å²) < 4.78 is 10.3. The third-order valence-electron chi connectivity index (χ3n) is 3.72. The van der Waals surface area contributed by atoms with Crippen molar-refractivity contribution >= 4 is 29.3 Å². The number of hydrogen-bond acceptors (Lipinski definition) is 6. The van der Waals surface area contributed by atoms with Crippen LogP contribution < -0.4 is 10.6 Å². The molecule has 2 aromatic carbocycles. The molecule has 0 unspecified atom stereocenters. The minimum atomic E-state index is -1.08. The first-order valence-corrected chi connectivity index (χ1v) is 9.20. The molecule has 0 aliphatic heterocycles. The predicted molar refractivity (Wildman–Crippen MR) is 111 cm³/mol. The van der Waals surface area contributed by atoms with Crippen molar-refractivity contribution in [3.63, 3.8) is 0 Å². The number of anilines is 2. The zero-order valence-corrected chi connectivity index (χ0v) is 17.2. The van der Waals surface area contributed by atoms with E-state index in [-0.39, 0.29) is 5.56 Å². The summed E-state index contributed by atoms with van der Waals surface area (Å²) in [6.45, 7) is 6.69. The van der Waals surface area contributed by atoms with E-state index in [0.717, 1.165) is 0 Å². The summed E-state index contributed by atoms with van der Waals surface area (Å²) in [5.41, 5.74) is 0.669. The maximum absolute atomic E-state index is 12.3. The minimum Gasteiger partial charge on any atom is -0.449 e. The van der Waals surface area contributed by atoms with E-state index in [1.54, 1.807) is 45.0 Å². The van der Waals surface area contributed by atoms with Crippen LogP contribution in [0.2, 0.25) is 0 Å². The molecular weight excluding hydrogens is 386 g/mol. The van der Waals surface area contributed by atoms with Gasteiger partial charge in [-0.3, -0.25) is 10.1 Å². The standard InChI is InChI=1S/C22H23N3O5/c1-14(19(26)25-18-8-6-5-7-16(18)13-23)29-20(27)15-9-11-17(12-10-15)24-21(28)30-22(2,3)4/h5-12,14H,1-4H3,(H,24,28)(H,25,26)/t14-/m0/s1. The van der Waals surface area contributed by atoms with Gasteiger partial charge in [0, 0.05) is 5.69 Å². The van der Waals surface area contributed by atoms with Gasteiger partial charge in [0.1, 0.15) is 11.7 Å². The highest BCUT2D eigenvalue weighted by molar-refractivity contribution is 5.98. The number of para-hydroxylation sites is 1. The molecule has 0 aromatic heterocycles. The number of amides is 2. The largest absolute Gasteiger partial charge is 0.449 e. The topological polar surface area (TPSA) is 118 Å². The molecule has 0 fully saturated rings. The van der Waals surface area contributed by atoms with Gasteiger partial charge >= 0.3 is 12.1 Å². The number of carbonyl (C=O) groups excluding carboxylic acids is 3. The molecule has 0 saturated heterocycles. The summed E-state index contributed by atoms with van der Waals surface area (Å²) in [7, 11) is 0. The van der Waals surface area contributed by atoms with Gasteiger partial charge < -0.3 is 14.8 Å². The van der Waals surface area contributed by atoms with Crippen molar-refractivity contribution in [1.29, 1.82) is 5.26 Å². The van der Waals surface area contributed by atoms with Crippen molar-refractivity contribution in [2.45, 2.75) is 39.4 Å². The Balaban J connectivity index is 1.94. The van der Waals surface area contributed by atoms with Crippen LogP contribution in [-0.2, 0) is 14.3 Å². The lowest BCUT2D eigenvalue weighted by molar-refractivity contribution is -0.123. The molecule has 30 heavy (non-hydrogen) atoms. The van der Waals surface area contributed by atoms with Gasteiger partial charge in [-0.1, -0.05) is 12.1 Å². The number of hydrogen-bond donors (Lipinski definition) is 2. The van der Waals surface area contributed by atoms with Gasteiger partial charge in [-0.2, -0.15) is 5.26 Å². The van der Waals surface area contributed by atoms with Gasteiger partial charge in [-0.25, -0.2) is 9.59 Å². The van der Waals surface area contributed by atoms with E-state index in [1.807, 2.05) is 6.07 Å². The molecule has 1 atom stereocenters. The fraction of sp³-hybridized carbons (Fsp3) is 0.273. The minimum absolute atomic E-state index is 0.210. The number of benzene rings is 2. The summed E-state index contributed by atoms with van der Waals surface area (Å²) in [5, 5.41) is 14.2. The quantitative estimate of drug-likeness (QED) is 0.718. The van der Waals surface area contributed by atoms with E-state index in [4.69, 9.17) is 14.7 Å². The Morgan fingerprint density at radius 1 is 1.00 bits per heavy atom. The van der Waals surface area contributed by atoms with E-state index in [9.17, 15) is 14.4 Å². The molecule has 0 aliphatic carbocycles. The van der Waals surface area contributed by atoms with Crippen LogP contribution in [0.25, 0.3) is 0 Å². The number of esters is 1. The summed E-state index contributed by atoms with van der Waals surface area (Å²) in [5.74, 6) is -1.26. The molecule has 0 bridgehead atoms. The monoisotopic (exact) mass is 409 g/mol. The smallest absolute Gasteiger partial charge is 0.412 e. The number of nitrogens with one attached hydrogen (secondary N) is 2. The Hall–Kier alpha value is -3.86. The lowest BCUT2D eigenvalue weighted by Gasteiger charge is -2.19. The summed E-state index contributed by atoms with van der Waals surface area (Å²) in [4.78, 5) is 36.3. The van der Waals surface area contributed by atoms with Crippen molar-refractivity contribution in [3.05, 3.63) is 59.7 Å². The molecule has 2 rings (SSSR count). The maximum atomic E-state index is 12.3. The Morgan fingerprint density at radius 2 is 1.63 bits per heavy atom. The van der Waals surface area contributed by atoms with Crippen LogP contribution in [0.4, 0.5) is 16.2 Å². The van der Waals surface area contributed by atoms with E-state index in [0.29, 0.717) is 16.9 Å². The zero-order chi connectivity index (χ0) is 22.3. The van der Waals surface area contributed by atoms with E-state index in [2.05, 4.69) is 10.6 Å². The van der Waals surface area contributed by atoms with E-state index < -0.39 is 29.7 Å². The Bertz CT molecular complexity index is 972. The van der Waals surface area contributed by atoms with Gasteiger partial charge in [0.15, 0.2) is 6.10 Å². The lowest BCUT2D eigenvalue weighted by Crippen LogP contribution is -2.30. The van der Waals surface area contributed by atoms with Crippen LogP contribution in [0.5, 0.6) is 0 Å². The molecule has 0 heterocycles. The Morgan fingerprint density at radius 3 is 2.23 bits per heavy atom. The molecule has 0 aliphatic rings. The highest BCUT2D eigenvalue weighted by atomic mass is 16.6. The van der Waals surface area contributed by atoms with Gasteiger partial charge in [0.25, 0.3) is 5.91 Å². The second-order valence-electron chi connectivity index (χ2n) is 7.40. The van der Waals surface area contributed by atoms with Crippen molar-refractivity contribution < 1.29 is 23.9 Å². The fourth-order valence-corrected chi connectivity index (χ4v) is 2.32. The van der Waals surface area contributed by atoms with Crippen molar-refractivity contribution in [3.8, 4) is 6.07 Å². The highest BCUT2D eigenvalue weighted by Crippen LogP contribution is 2.16.